The molecule has 0 aromatic carbocycles. The van der Waals surface area contributed by atoms with Crippen molar-refractivity contribution in [2.24, 2.45) is 7.05 Å². The van der Waals surface area contributed by atoms with E-state index in [0.29, 0.717) is 4.47 Å². The Labute approximate surface area is 96.8 Å². The van der Waals surface area contributed by atoms with Crippen molar-refractivity contribution in [3.05, 3.63) is 32.9 Å². The Morgan fingerprint density at radius 3 is 2.81 bits per heavy atom. The molecular weight excluding hydrogens is 285 g/mol. The molecule has 2 aromatic rings. The summed E-state index contributed by atoms with van der Waals surface area (Å²) in [5, 5.41) is 17.9. The van der Waals surface area contributed by atoms with Crippen molar-refractivity contribution in [1.82, 2.24) is 19.6 Å². The summed E-state index contributed by atoms with van der Waals surface area (Å²) in [6, 6.07) is 0. The van der Waals surface area contributed by atoms with Crippen LogP contribution in [0.4, 0.5) is 10.1 Å². The van der Waals surface area contributed by atoms with Crippen LogP contribution in [0.3, 0.4) is 0 Å². The lowest BCUT2D eigenvalue weighted by atomic mass is 10.5. The first-order valence-electron chi connectivity index (χ1n) is 4.08. The van der Waals surface area contributed by atoms with Gasteiger partial charge in [0.2, 0.25) is 5.82 Å². The minimum atomic E-state index is -1.13. The molecule has 0 aliphatic heterocycles. The summed E-state index contributed by atoms with van der Waals surface area (Å²) in [6.07, 6.45) is 2.91. The summed E-state index contributed by atoms with van der Waals surface area (Å²) in [4.78, 5) is 9.87. The lowest BCUT2D eigenvalue weighted by molar-refractivity contribution is -0.387. The highest BCUT2D eigenvalue weighted by Gasteiger charge is 2.28. The van der Waals surface area contributed by atoms with Gasteiger partial charge >= 0.3 is 11.6 Å². The van der Waals surface area contributed by atoms with Gasteiger partial charge in [0.15, 0.2) is 0 Å². The van der Waals surface area contributed by atoms with E-state index in [2.05, 4.69) is 26.1 Å². The zero-order valence-electron chi connectivity index (χ0n) is 7.96. The molecular formula is C7H5BrFN5O2. The predicted molar refractivity (Wildman–Crippen MR) is 54.6 cm³/mol. The molecule has 0 saturated carbocycles. The molecule has 7 nitrogen and oxygen atoms in total. The fraction of sp³-hybridized carbons (Fsp3) is 0.143. The van der Waals surface area contributed by atoms with Gasteiger partial charge in [-0.1, -0.05) is 0 Å². The molecule has 2 aromatic heterocycles. The zero-order chi connectivity index (χ0) is 11.9. The Morgan fingerprint density at radius 2 is 2.31 bits per heavy atom. The van der Waals surface area contributed by atoms with Crippen LogP contribution in [0.2, 0.25) is 0 Å². The molecule has 0 amide bonds. The maximum atomic E-state index is 13.2. The van der Waals surface area contributed by atoms with Gasteiger partial charge in [0.05, 0.1) is 15.6 Å². The molecule has 0 fully saturated rings. The molecule has 9 heteroatoms. The summed E-state index contributed by atoms with van der Waals surface area (Å²) in [5.74, 6) is -1.16. The largest absolute Gasteiger partial charge is 0.369 e. The summed E-state index contributed by atoms with van der Waals surface area (Å²) >= 11 is 3.15. The molecule has 0 radical (unpaired) electrons. The molecule has 0 aliphatic carbocycles. The monoisotopic (exact) mass is 289 g/mol. The molecule has 0 spiro atoms. The third-order valence-corrected chi connectivity index (χ3v) is 2.31. The highest BCUT2D eigenvalue weighted by atomic mass is 79.9. The lowest BCUT2D eigenvalue weighted by Crippen LogP contribution is -2.05. The summed E-state index contributed by atoms with van der Waals surface area (Å²) in [5.41, 5.74) is -0.696. The highest BCUT2D eigenvalue weighted by Crippen LogP contribution is 2.25. The van der Waals surface area contributed by atoms with Crippen LogP contribution >= 0.6 is 15.9 Å². The molecule has 0 aliphatic rings. The van der Waals surface area contributed by atoms with Crippen molar-refractivity contribution < 1.29 is 9.31 Å². The molecule has 0 bridgehead atoms. The van der Waals surface area contributed by atoms with Gasteiger partial charge in [-0.15, -0.1) is 5.10 Å². The number of halogens is 2. The van der Waals surface area contributed by atoms with E-state index in [4.69, 9.17) is 0 Å². The molecule has 0 N–H and O–H groups in total. The summed E-state index contributed by atoms with van der Waals surface area (Å²) in [7, 11) is 1.40. The number of nitrogens with zero attached hydrogens (tertiary/aromatic N) is 5. The molecule has 16 heavy (non-hydrogen) atoms. The van der Waals surface area contributed by atoms with Crippen LogP contribution in [-0.2, 0) is 7.05 Å². The first-order valence-corrected chi connectivity index (χ1v) is 4.87. The maximum Gasteiger partial charge on any atom is 0.369 e. The van der Waals surface area contributed by atoms with Gasteiger partial charge in [0.25, 0.3) is 0 Å². The molecule has 0 atom stereocenters. The normalized spacial score (nSPS) is 10.7. The number of hydrogen-bond donors (Lipinski definition) is 0. The van der Waals surface area contributed by atoms with Gasteiger partial charge in [-0.25, -0.2) is 9.36 Å². The number of nitro groups is 1. The second-order valence-corrected chi connectivity index (χ2v) is 3.86. The van der Waals surface area contributed by atoms with E-state index in [1.165, 1.54) is 24.1 Å². The fourth-order valence-corrected chi connectivity index (χ4v) is 1.59. The first-order chi connectivity index (χ1) is 7.50. The molecule has 2 rings (SSSR count). The molecule has 84 valence electrons. The van der Waals surface area contributed by atoms with Crippen molar-refractivity contribution in [2.45, 2.75) is 0 Å². The van der Waals surface area contributed by atoms with E-state index < -0.39 is 16.6 Å². The smallest absolute Gasteiger partial charge is 0.258 e. The number of rotatable bonds is 2. The molecule has 2 heterocycles. The molecule has 0 saturated heterocycles. The minimum Gasteiger partial charge on any atom is -0.258 e. The maximum absolute atomic E-state index is 13.2. The van der Waals surface area contributed by atoms with E-state index in [9.17, 15) is 14.5 Å². The van der Waals surface area contributed by atoms with Gasteiger partial charge in [-0.3, -0.25) is 10.1 Å². The van der Waals surface area contributed by atoms with Crippen molar-refractivity contribution in [3.8, 4) is 5.82 Å². The first kappa shape index (κ1) is 10.7. The second kappa shape index (κ2) is 3.67. The van der Waals surface area contributed by atoms with Crippen molar-refractivity contribution in [1.29, 1.82) is 0 Å². The van der Waals surface area contributed by atoms with Crippen LogP contribution in [0.1, 0.15) is 0 Å². The molecule has 0 unspecified atom stereocenters. The minimum absolute atomic E-state index is 0.0341. The van der Waals surface area contributed by atoms with Crippen LogP contribution in [0, 0.1) is 16.1 Å². The third kappa shape index (κ3) is 1.58. The third-order valence-electron chi connectivity index (χ3n) is 1.90. The van der Waals surface area contributed by atoms with Gasteiger partial charge in [0.1, 0.15) is 0 Å². The Hall–Kier alpha value is -1.77. The average molecular weight is 290 g/mol. The SMILES string of the molecule is Cn1nc(F)c([N+](=O)[O-])c1-n1cc(Br)cn1. The van der Waals surface area contributed by atoms with Crippen LogP contribution in [0.5, 0.6) is 0 Å². The van der Waals surface area contributed by atoms with Crippen LogP contribution in [0.15, 0.2) is 16.9 Å². The van der Waals surface area contributed by atoms with Gasteiger partial charge in [-0.05, 0) is 15.9 Å². The van der Waals surface area contributed by atoms with Crippen molar-refractivity contribution >= 4 is 21.6 Å². The number of aromatic nitrogens is 4. The van der Waals surface area contributed by atoms with Crippen LogP contribution in [0.25, 0.3) is 5.82 Å². The van der Waals surface area contributed by atoms with Gasteiger partial charge in [0, 0.05) is 13.2 Å². The van der Waals surface area contributed by atoms with Gasteiger partial charge < -0.3 is 0 Å². The van der Waals surface area contributed by atoms with Gasteiger partial charge in [-0.2, -0.15) is 9.49 Å². The van der Waals surface area contributed by atoms with E-state index in [1.54, 1.807) is 0 Å². The lowest BCUT2D eigenvalue weighted by Gasteiger charge is -1.99. The van der Waals surface area contributed by atoms with E-state index in [-0.39, 0.29) is 5.82 Å². The standard InChI is InChI=1S/C7H5BrFN5O2/c1-12-7(13-3-4(8)2-10-13)5(14(15)16)6(9)11-12/h2-3H,1H3. The second-order valence-electron chi connectivity index (χ2n) is 2.95. The fourth-order valence-electron chi connectivity index (χ4n) is 1.30. The Kier molecular flexibility index (Phi) is 2.46. The van der Waals surface area contributed by atoms with Crippen molar-refractivity contribution in [3.63, 3.8) is 0 Å². The van der Waals surface area contributed by atoms with Crippen LogP contribution in [-0.4, -0.2) is 24.5 Å². The predicted octanol–water partition coefficient (Wildman–Crippen LogP) is 1.42. The van der Waals surface area contributed by atoms with E-state index in [0.717, 1.165) is 4.68 Å². The Morgan fingerprint density at radius 1 is 1.62 bits per heavy atom. The number of hydrogen-bond acceptors (Lipinski definition) is 4. The van der Waals surface area contributed by atoms with E-state index >= 15 is 0 Å². The number of aryl methyl sites for hydroxylation is 1. The topological polar surface area (TPSA) is 78.8 Å². The quantitative estimate of drug-likeness (QED) is 0.619. The summed E-state index contributed by atoms with van der Waals surface area (Å²) < 4.78 is 16.1. The Bertz CT molecular complexity index is 563. The highest BCUT2D eigenvalue weighted by molar-refractivity contribution is 9.10. The Balaban J connectivity index is 2.68. The zero-order valence-corrected chi connectivity index (χ0v) is 9.55. The van der Waals surface area contributed by atoms with Crippen LogP contribution < -0.4 is 0 Å². The average Bonchev–Trinajstić information content (AvgIpc) is 2.69. The van der Waals surface area contributed by atoms with E-state index in [1.807, 2.05) is 0 Å². The van der Waals surface area contributed by atoms with Crippen molar-refractivity contribution in [2.75, 3.05) is 0 Å². The summed E-state index contributed by atoms with van der Waals surface area (Å²) in [6.45, 7) is 0.